The molecule has 56 valence electrons. The highest BCUT2D eigenvalue weighted by Gasteiger charge is 1.80. The standard InChI is InChI=1S/C8H12O2/c1-2-3-4-5-6-7-8(9)10/h2,4-5H,1,3,6-7H2,(H,9,10)/p-1/b5-4+. The average Bonchev–Trinajstić information content (AvgIpc) is 1.87. The number of carbonyl (C=O) groups is 1. The first kappa shape index (κ1) is 8.95. The molecule has 0 bridgehead atoms. The number of allylic oxidation sites excluding steroid dienone is 3. The lowest BCUT2D eigenvalue weighted by molar-refractivity contribution is -0.305. The van der Waals surface area contributed by atoms with Crippen LogP contribution in [-0.4, -0.2) is 5.97 Å². The van der Waals surface area contributed by atoms with Crippen LogP contribution in [0.1, 0.15) is 19.3 Å². The van der Waals surface area contributed by atoms with E-state index in [9.17, 15) is 9.90 Å². The van der Waals surface area contributed by atoms with Crippen molar-refractivity contribution in [1.82, 2.24) is 0 Å². The molecule has 0 unspecified atom stereocenters. The van der Waals surface area contributed by atoms with Crippen molar-refractivity contribution in [3.8, 4) is 0 Å². The van der Waals surface area contributed by atoms with Gasteiger partial charge in [0.2, 0.25) is 0 Å². The van der Waals surface area contributed by atoms with Crippen LogP contribution in [-0.2, 0) is 4.79 Å². The van der Waals surface area contributed by atoms with Gasteiger partial charge in [-0.15, -0.1) is 6.58 Å². The number of carboxylic acids is 1. The summed E-state index contributed by atoms with van der Waals surface area (Å²) in [6, 6.07) is 0. The van der Waals surface area contributed by atoms with Crippen molar-refractivity contribution >= 4 is 5.97 Å². The topological polar surface area (TPSA) is 40.1 Å². The Hall–Kier alpha value is -1.05. The normalized spacial score (nSPS) is 10.0. The van der Waals surface area contributed by atoms with Crippen molar-refractivity contribution < 1.29 is 9.90 Å². The highest BCUT2D eigenvalue weighted by atomic mass is 16.4. The van der Waals surface area contributed by atoms with Crippen molar-refractivity contribution in [2.75, 3.05) is 0 Å². The molecular formula is C8H11O2-. The first-order valence-corrected chi connectivity index (χ1v) is 3.23. The van der Waals surface area contributed by atoms with Crippen LogP contribution >= 0.6 is 0 Å². The molecule has 2 heteroatoms. The van der Waals surface area contributed by atoms with Gasteiger partial charge in [-0.1, -0.05) is 18.2 Å². The minimum absolute atomic E-state index is 0.105. The Morgan fingerprint density at radius 1 is 1.50 bits per heavy atom. The number of hydrogen-bond acceptors (Lipinski definition) is 2. The molecule has 0 amide bonds. The molecule has 0 aromatic carbocycles. The number of rotatable bonds is 5. The lowest BCUT2D eigenvalue weighted by Gasteiger charge is -1.94. The van der Waals surface area contributed by atoms with Crippen LogP contribution in [0.15, 0.2) is 24.8 Å². The van der Waals surface area contributed by atoms with Crippen LogP contribution in [0.25, 0.3) is 0 Å². The number of hydrogen-bond donors (Lipinski definition) is 0. The molecule has 0 aliphatic rings. The molecule has 0 N–H and O–H groups in total. The van der Waals surface area contributed by atoms with Gasteiger partial charge < -0.3 is 9.90 Å². The highest BCUT2D eigenvalue weighted by molar-refractivity contribution is 5.64. The van der Waals surface area contributed by atoms with Gasteiger partial charge >= 0.3 is 0 Å². The summed E-state index contributed by atoms with van der Waals surface area (Å²) in [6.45, 7) is 3.51. The second-order valence-electron chi connectivity index (χ2n) is 1.91. The fourth-order valence-electron chi connectivity index (χ4n) is 0.511. The van der Waals surface area contributed by atoms with Crippen LogP contribution in [0.5, 0.6) is 0 Å². The Labute approximate surface area is 60.9 Å². The van der Waals surface area contributed by atoms with E-state index in [0.717, 1.165) is 6.42 Å². The molecule has 0 atom stereocenters. The maximum Gasteiger partial charge on any atom is 0.0417 e. The van der Waals surface area contributed by atoms with Crippen LogP contribution < -0.4 is 5.11 Å². The minimum atomic E-state index is -0.997. The Morgan fingerprint density at radius 3 is 2.70 bits per heavy atom. The zero-order valence-corrected chi connectivity index (χ0v) is 5.88. The van der Waals surface area contributed by atoms with E-state index in [0.29, 0.717) is 6.42 Å². The molecule has 0 fully saturated rings. The summed E-state index contributed by atoms with van der Waals surface area (Å²) in [4.78, 5) is 9.87. The third-order valence-electron chi connectivity index (χ3n) is 0.985. The fraction of sp³-hybridized carbons (Fsp3) is 0.375. The Bertz CT molecular complexity index is 136. The predicted octanol–water partition coefficient (Wildman–Crippen LogP) is 0.649. The Balaban J connectivity index is 3.18. The van der Waals surface area contributed by atoms with Gasteiger partial charge in [-0.3, -0.25) is 0 Å². The lowest BCUT2D eigenvalue weighted by atomic mass is 10.2. The molecule has 10 heavy (non-hydrogen) atoms. The fourth-order valence-corrected chi connectivity index (χ4v) is 0.511. The molecule has 0 spiro atoms. The quantitative estimate of drug-likeness (QED) is 0.524. The summed E-state index contributed by atoms with van der Waals surface area (Å²) in [5.41, 5.74) is 0. The zero-order chi connectivity index (χ0) is 7.82. The monoisotopic (exact) mass is 139 g/mol. The summed E-state index contributed by atoms with van der Waals surface area (Å²) in [5, 5.41) is 9.87. The van der Waals surface area contributed by atoms with Gasteiger partial charge in [-0.2, -0.15) is 0 Å². The summed E-state index contributed by atoms with van der Waals surface area (Å²) in [6.07, 6.45) is 6.92. The van der Waals surface area contributed by atoms with Crippen LogP contribution in [0.2, 0.25) is 0 Å². The van der Waals surface area contributed by atoms with Gasteiger partial charge in [-0.25, -0.2) is 0 Å². The van der Waals surface area contributed by atoms with Gasteiger partial charge in [0.05, 0.1) is 0 Å². The van der Waals surface area contributed by atoms with Gasteiger partial charge in [0.1, 0.15) is 0 Å². The van der Waals surface area contributed by atoms with E-state index < -0.39 is 5.97 Å². The Morgan fingerprint density at radius 2 is 2.20 bits per heavy atom. The maximum absolute atomic E-state index is 9.87. The molecule has 0 aliphatic heterocycles. The number of aliphatic carboxylic acids is 1. The second kappa shape index (κ2) is 6.08. The lowest BCUT2D eigenvalue weighted by Crippen LogP contribution is -2.21. The van der Waals surface area contributed by atoms with E-state index in [1.807, 2.05) is 12.2 Å². The Kier molecular flexibility index (Phi) is 5.44. The summed E-state index contributed by atoms with van der Waals surface area (Å²) >= 11 is 0. The van der Waals surface area contributed by atoms with Crippen molar-refractivity contribution in [2.24, 2.45) is 0 Å². The molecular weight excluding hydrogens is 128 g/mol. The third-order valence-corrected chi connectivity index (χ3v) is 0.985. The van der Waals surface area contributed by atoms with Crippen molar-refractivity contribution in [3.63, 3.8) is 0 Å². The van der Waals surface area contributed by atoms with Crippen molar-refractivity contribution in [2.45, 2.75) is 19.3 Å². The number of carboxylic acid groups (broad SMARTS) is 1. The van der Waals surface area contributed by atoms with Gasteiger partial charge in [-0.05, 0) is 19.3 Å². The molecule has 0 radical (unpaired) electrons. The summed E-state index contributed by atoms with van der Waals surface area (Å²) in [7, 11) is 0. The second-order valence-corrected chi connectivity index (χ2v) is 1.91. The molecule has 0 saturated carbocycles. The van der Waals surface area contributed by atoms with E-state index in [1.165, 1.54) is 0 Å². The molecule has 0 heterocycles. The maximum atomic E-state index is 9.87. The van der Waals surface area contributed by atoms with Crippen LogP contribution in [0.3, 0.4) is 0 Å². The third kappa shape index (κ3) is 6.95. The van der Waals surface area contributed by atoms with Gasteiger partial charge in [0.15, 0.2) is 0 Å². The van der Waals surface area contributed by atoms with Crippen LogP contribution in [0, 0.1) is 0 Å². The van der Waals surface area contributed by atoms with E-state index >= 15 is 0 Å². The average molecular weight is 139 g/mol. The molecule has 0 aromatic heterocycles. The smallest absolute Gasteiger partial charge is 0.0417 e. The first-order chi connectivity index (χ1) is 4.77. The van der Waals surface area contributed by atoms with Crippen molar-refractivity contribution in [1.29, 1.82) is 0 Å². The summed E-state index contributed by atoms with van der Waals surface area (Å²) in [5.74, 6) is -0.997. The van der Waals surface area contributed by atoms with Gasteiger partial charge in [0.25, 0.3) is 0 Å². The SMILES string of the molecule is C=CC/C=C/CCC(=O)[O-]. The first-order valence-electron chi connectivity index (χ1n) is 3.23. The highest BCUT2D eigenvalue weighted by Crippen LogP contribution is 1.91. The minimum Gasteiger partial charge on any atom is -0.550 e. The summed E-state index contributed by atoms with van der Waals surface area (Å²) < 4.78 is 0. The van der Waals surface area contributed by atoms with E-state index in [2.05, 4.69) is 6.58 Å². The predicted molar refractivity (Wildman–Crippen MR) is 38.2 cm³/mol. The van der Waals surface area contributed by atoms with Gasteiger partial charge in [0, 0.05) is 5.97 Å². The molecule has 0 rings (SSSR count). The molecule has 2 nitrogen and oxygen atoms in total. The molecule has 0 saturated heterocycles. The number of carbonyl (C=O) groups excluding carboxylic acids is 1. The van der Waals surface area contributed by atoms with Crippen molar-refractivity contribution in [3.05, 3.63) is 24.8 Å². The zero-order valence-electron chi connectivity index (χ0n) is 5.88. The van der Waals surface area contributed by atoms with E-state index in [1.54, 1.807) is 6.08 Å². The van der Waals surface area contributed by atoms with Crippen LogP contribution in [0.4, 0.5) is 0 Å². The van der Waals surface area contributed by atoms with E-state index in [-0.39, 0.29) is 6.42 Å². The molecule has 0 aromatic rings. The molecule has 0 aliphatic carbocycles. The van der Waals surface area contributed by atoms with E-state index in [4.69, 9.17) is 0 Å². The largest absolute Gasteiger partial charge is 0.550 e.